The van der Waals surface area contributed by atoms with Crippen LogP contribution in [0.1, 0.15) is 30.0 Å². The number of nitrogens with zero attached hydrogens (tertiary/aromatic N) is 6. The number of carbonyl (C=O) groups is 1. The summed E-state index contributed by atoms with van der Waals surface area (Å²) in [6.45, 7) is 4.54. The number of amides is 1. The molecule has 0 fully saturated rings. The van der Waals surface area contributed by atoms with Crippen molar-refractivity contribution in [3.63, 3.8) is 0 Å². The van der Waals surface area contributed by atoms with Crippen molar-refractivity contribution in [2.45, 2.75) is 26.3 Å². The minimum atomic E-state index is -0.0436. The van der Waals surface area contributed by atoms with E-state index in [1.165, 1.54) is 6.33 Å². The maximum atomic E-state index is 11.0. The van der Waals surface area contributed by atoms with Crippen molar-refractivity contribution in [3.05, 3.63) is 29.5 Å². The fraction of sp³-hybridized carbons (Fsp3) is 0.417. The topological polar surface area (TPSA) is 76.8 Å². The second-order valence-corrected chi connectivity index (χ2v) is 4.62. The van der Waals surface area contributed by atoms with Crippen LogP contribution in [-0.4, -0.2) is 42.8 Å². The van der Waals surface area contributed by atoms with Gasteiger partial charge in [0.2, 0.25) is 6.41 Å². The van der Waals surface area contributed by atoms with Gasteiger partial charge in [-0.3, -0.25) is 4.79 Å². The Balaban J connectivity index is 2.05. The maximum absolute atomic E-state index is 11.0. The molecule has 1 atom stereocenters. The van der Waals surface area contributed by atoms with Gasteiger partial charge in [-0.05, 0) is 13.8 Å². The summed E-state index contributed by atoms with van der Waals surface area (Å²) < 4.78 is 1.74. The Hall–Kier alpha value is -2.31. The molecule has 0 aliphatic carbocycles. The number of hydrogen-bond donors (Lipinski definition) is 0. The van der Waals surface area contributed by atoms with E-state index >= 15 is 0 Å². The Morgan fingerprint density at radius 2 is 2.26 bits per heavy atom. The number of aromatic nitrogens is 5. The molecule has 1 unspecified atom stereocenters. The van der Waals surface area contributed by atoms with Gasteiger partial charge in [-0.1, -0.05) is 5.21 Å². The van der Waals surface area contributed by atoms with Crippen LogP contribution in [-0.2, 0) is 11.2 Å². The second-order valence-electron chi connectivity index (χ2n) is 4.62. The molecule has 19 heavy (non-hydrogen) atoms. The van der Waals surface area contributed by atoms with Gasteiger partial charge >= 0.3 is 0 Å². The molecule has 1 aliphatic rings. The van der Waals surface area contributed by atoms with Gasteiger partial charge in [-0.25, -0.2) is 9.97 Å². The number of aryl methyl sites for hydroxylation is 1. The first-order valence-corrected chi connectivity index (χ1v) is 6.15. The summed E-state index contributed by atoms with van der Waals surface area (Å²) in [5.74, 6) is 0.716. The Labute approximate surface area is 110 Å². The number of rotatable bonds is 2. The molecule has 0 spiro atoms. The summed E-state index contributed by atoms with van der Waals surface area (Å²) in [4.78, 5) is 21.0. The fourth-order valence-electron chi connectivity index (χ4n) is 2.34. The van der Waals surface area contributed by atoms with Crippen LogP contribution in [0.4, 0.5) is 0 Å². The standard InChI is InChI=1S/C12H14N6O/c1-8-5-11(14-6-13-8)18-10-3-4-17(7-19)9(2)12(10)15-16-18/h5-7,9H,3-4H2,1-2H3. The highest BCUT2D eigenvalue weighted by Crippen LogP contribution is 2.27. The predicted octanol–water partition coefficient (Wildman–Crippen LogP) is 0.441. The van der Waals surface area contributed by atoms with Crippen molar-refractivity contribution in [1.29, 1.82) is 0 Å². The first kappa shape index (κ1) is 11.8. The van der Waals surface area contributed by atoms with Gasteiger partial charge in [0.15, 0.2) is 5.82 Å². The molecule has 0 saturated carbocycles. The second kappa shape index (κ2) is 4.42. The van der Waals surface area contributed by atoms with Gasteiger partial charge in [0.05, 0.1) is 11.7 Å². The van der Waals surface area contributed by atoms with E-state index in [0.717, 1.165) is 29.9 Å². The molecule has 3 heterocycles. The molecule has 7 nitrogen and oxygen atoms in total. The van der Waals surface area contributed by atoms with E-state index in [4.69, 9.17) is 0 Å². The number of hydrogen-bond acceptors (Lipinski definition) is 5. The van der Waals surface area contributed by atoms with Gasteiger partial charge in [-0.15, -0.1) is 5.10 Å². The van der Waals surface area contributed by atoms with E-state index in [1.54, 1.807) is 9.58 Å². The molecule has 7 heteroatoms. The van der Waals surface area contributed by atoms with Gasteiger partial charge in [0.1, 0.15) is 12.0 Å². The summed E-state index contributed by atoms with van der Waals surface area (Å²) >= 11 is 0. The van der Waals surface area contributed by atoms with Crippen molar-refractivity contribution in [1.82, 2.24) is 29.9 Å². The summed E-state index contributed by atoms with van der Waals surface area (Å²) in [5.41, 5.74) is 2.74. The monoisotopic (exact) mass is 258 g/mol. The van der Waals surface area contributed by atoms with Crippen LogP contribution in [0.2, 0.25) is 0 Å². The quantitative estimate of drug-likeness (QED) is 0.730. The van der Waals surface area contributed by atoms with Crippen LogP contribution in [0.25, 0.3) is 5.82 Å². The normalized spacial score (nSPS) is 18.2. The van der Waals surface area contributed by atoms with Crippen LogP contribution >= 0.6 is 0 Å². The van der Waals surface area contributed by atoms with Crippen LogP contribution in [0, 0.1) is 6.92 Å². The Kier molecular flexibility index (Phi) is 2.73. The summed E-state index contributed by atoms with van der Waals surface area (Å²) in [6.07, 6.45) is 3.11. The molecule has 1 aliphatic heterocycles. The lowest BCUT2D eigenvalue weighted by Crippen LogP contribution is -2.33. The van der Waals surface area contributed by atoms with E-state index in [9.17, 15) is 4.79 Å². The van der Waals surface area contributed by atoms with E-state index in [0.29, 0.717) is 12.4 Å². The molecule has 0 bridgehead atoms. The maximum Gasteiger partial charge on any atom is 0.210 e. The smallest absolute Gasteiger partial charge is 0.210 e. The van der Waals surface area contributed by atoms with Gasteiger partial charge < -0.3 is 4.90 Å². The van der Waals surface area contributed by atoms with Gasteiger partial charge in [-0.2, -0.15) is 4.68 Å². The highest BCUT2D eigenvalue weighted by molar-refractivity contribution is 5.49. The lowest BCUT2D eigenvalue weighted by molar-refractivity contribution is -0.120. The Morgan fingerprint density at radius 3 is 3.00 bits per heavy atom. The minimum Gasteiger partial charge on any atom is -0.336 e. The molecule has 2 aromatic heterocycles. The highest BCUT2D eigenvalue weighted by Gasteiger charge is 2.28. The molecule has 3 rings (SSSR count). The molecule has 0 N–H and O–H groups in total. The summed E-state index contributed by atoms with van der Waals surface area (Å²) in [7, 11) is 0. The zero-order valence-electron chi connectivity index (χ0n) is 10.8. The SMILES string of the molecule is Cc1cc(-n2nnc3c2CCN(C=O)C3C)ncn1. The van der Waals surface area contributed by atoms with Crippen molar-refractivity contribution < 1.29 is 4.79 Å². The van der Waals surface area contributed by atoms with Crippen molar-refractivity contribution in [2.75, 3.05) is 6.54 Å². The average molecular weight is 258 g/mol. The zero-order valence-corrected chi connectivity index (χ0v) is 10.8. The molecular formula is C12H14N6O. The third-order valence-corrected chi connectivity index (χ3v) is 3.43. The van der Waals surface area contributed by atoms with Crippen LogP contribution in [0.5, 0.6) is 0 Å². The van der Waals surface area contributed by atoms with E-state index < -0.39 is 0 Å². The summed E-state index contributed by atoms with van der Waals surface area (Å²) in [5, 5.41) is 8.36. The molecular weight excluding hydrogens is 244 g/mol. The fourth-order valence-corrected chi connectivity index (χ4v) is 2.34. The third-order valence-electron chi connectivity index (χ3n) is 3.43. The molecule has 1 amide bonds. The zero-order chi connectivity index (χ0) is 13.4. The van der Waals surface area contributed by atoms with Crippen molar-refractivity contribution in [2.24, 2.45) is 0 Å². The first-order valence-electron chi connectivity index (χ1n) is 6.15. The van der Waals surface area contributed by atoms with E-state index in [2.05, 4.69) is 20.3 Å². The largest absolute Gasteiger partial charge is 0.336 e. The third kappa shape index (κ3) is 1.87. The molecule has 0 aromatic carbocycles. The summed E-state index contributed by atoms with van der Waals surface area (Å²) in [6, 6.07) is 1.82. The minimum absolute atomic E-state index is 0.0436. The van der Waals surface area contributed by atoms with E-state index in [-0.39, 0.29) is 6.04 Å². The lowest BCUT2D eigenvalue weighted by Gasteiger charge is -2.28. The first-order chi connectivity index (χ1) is 9.20. The molecule has 2 aromatic rings. The van der Waals surface area contributed by atoms with Crippen molar-refractivity contribution >= 4 is 6.41 Å². The van der Waals surface area contributed by atoms with Gasteiger partial charge in [0, 0.05) is 24.7 Å². The van der Waals surface area contributed by atoms with Gasteiger partial charge in [0.25, 0.3) is 0 Å². The van der Waals surface area contributed by atoms with Crippen LogP contribution in [0.15, 0.2) is 12.4 Å². The number of carbonyl (C=O) groups excluding carboxylic acids is 1. The van der Waals surface area contributed by atoms with Crippen LogP contribution < -0.4 is 0 Å². The van der Waals surface area contributed by atoms with Crippen LogP contribution in [0.3, 0.4) is 0 Å². The Morgan fingerprint density at radius 1 is 1.42 bits per heavy atom. The highest BCUT2D eigenvalue weighted by atomic mass is 16.1. The van der Waals surface area contributed by atoms with E-state index in [1.807, 2.05) is 19.9 Å². The lowest BCUT2D eigenvalue weighted by atomic mass is 10.1. The average Bonchev–Trinajstić information content (AvgIpc) is 2.84. The molecule has 0 radical (unpaired) electrons. The van der Waals surface area contributed by atoms with Crippen molar-refractivity contribution in [3.8, 4) is 5.82 Å². The Bertz CT molecular complexity index is 622. The predicted molar refractivity (Wildman–Crippen MR) is 66.6 cm³/mol. The molecule has 98 valence electrons. The molecule has 0 saturated heterocycles. The number of fused-ring (bicyclic) bond motifs is 1.